The molecule has 1 fully saturated rings. The van der Waals surface area contributed by atoms with Crippen LogP contribution in [0.4, 0.5) is 5.82 Å². The summed E-state index contributed by atoms with van der Waals surface area (Å²) in [7, 11) is 0. The number of piperazine rings is 1. The molecule has 0 N–H and O–H groups in total. The quantitative estimate of drug-likeness (QED) is 0.709. The highest BCUT2D eigenvalue weighted by molar-refractivity contribution is 7.13. The van der Waals surface area contributed by atoms with Gasteiger partial charge in [-0.15, -0.1) is 0 Å². The zero-order valence-corrected chi connectivity index (χ0v) is 16.0. The number of carbonyl (C=O) groups is 1. The van der Waals surface area contributed by atoms with Crippen LogP contribution in [0.15, 0.2) is 30.5 Å². The van der Waals surface area contributed by atoms with Gasteiger partial charge in [-0.05, 0) is 37.0 Å². The number of hydrogen-bond acceptors (Lipinski definition) is 5. The predicted molar refractivity (Wildman–Crippen MR) is 105 cm³/mol. The molecule has 0 saturated carbocycles. The summed E-state index contributed by atoms with van der Waals surface area (Å²) in [6.45, 7) is 7.91. The van der Waals surface area contributed by atoms with Crippen molar-refractivity contribution in [2.24, 2.45) is 0 Å². The Labute approximate surface area is 157 Å². The first kappa shape index (κ1) is 17.0. The number of aryl methyl sites for hydroxylation is 2. The van der Waals surface area contributed by atoms with Crippen LogP contribution in [0.1, 0.15) is 29.4 Å². The van der Waals surface area contributed by atoms with E-state index in [1.54, 1.807) is 0 Å². The summed E-state index contributed by atoms with van der Waals surface area (Å²) in [5, 5.41) is 5.66. The fourth-order valence-electron chi connectivity index (χ4n) is 3.46. The first-order chi connectivity index (χ1) is 12.7. The summed E-state index contributed by atoms with van der Waals surface area (Å²) in [4.78, 5) is 17.1. The molecule has 26 heavy (non-hydrogen) atoms. The average Bonchev–Trinajstić information content (AvgIpc) is 3.25. The number of hydrogen-bond donors (Lipinski definition) is 0. The van der Waals surface area contributed by atoms with Crippen molar-refractivity contribution in [1.82, 2.24) is 19.1 Å². The topological polar surface area (TPSA) is 54.3 Å². The smallest absolute Gasteiger partial charge is 0.257 e. The average molecular weight is 369 g/mol. The Morgan fingerprint density at radius 2 is 1.96 bits per heavy atom. The Morgan fingerprint density at radius 3 is 2.73 bits per heavy atom. The van der Waals surface area contributed by atoms with Gasteiger partial charge in [0.05, 0.1) is 16.0 Å². The molecule has 7 heteroatoms. The van der Waals surface area contributed by atoms with Crippen molar-refractivity contribution in [2.75, 3.05) is 31.1 Å². The first-order valence-corrected chi connectivity index (χ1v) is 9.87. The van der Waals surface area contributed by atoms with Gasteiger partial charge in [-0.3, -0.25) is 9.48 Å². The Bertz CT molecular complexity index is 923. The maximum atomic E-state index is 12.9. The van der Waals surface area contributed by atoms with E-state index in [0.717, 1.165) is 43.1 Å². The fourth-order valence-corrected chi connectivity index (χ4v) is 4.26. The van der Waals surface area contributed by atoms with Gasteiger partial charge >= 0.3 is 0 Å². The molecule has 0 bridgehead atoms. The molecule has 1 amide bonds. The van der Waals surface area contributed by atoms with Crippen LogP contribution in [0.3, 0.4) is 0 Å². The van der Waals surface area contributed by atoms with Crippen LogP contribution in [0.5, 0.6) is 0 Å². The van der Waals surface area contributed by atoms with E-state index in [-0.39, 0.29) is 5.91 Å². The lowest BCUT2D eigenvalue weighted by Gasteiger charge is -2.35. The van der Waals surface area contributed by atoms with Gasteiger partial charge in [0.25, 0.3) is 5.91 Å². The van der Waals surface area contributed by atoms with Crippen molar-refractivity contribution in [3.63, 3.8) is 0 Å². The van der Waals surface area contributed by atoms with E-state index in [1.165, 1.54) is 21.6 Å². The minimum atomic E-state index is 0.0904. The Kier molecular flexibility index (Phi) is 4.63. The molecular weight excluding hydrogens is 346 g/mol. The second-order valence-electron chi connectivity index (χ2n) is 6.67. The summed E-state index contributed by atoms with van der Waals surface area (Å²) in [6, 6.07) is 8.32. The SMILES string of the molecule is CCCn1cc(C(=O)N2CCN(c3nsc4ccccc34)CC2)c(C)n1. The van der Waals surface area contributed by atoms with Crippen molar-refractivity contribution in [1.29, 1.82) is 0 Å². The number of fused-ring (bicyclic) bond motifs is 1. The minimum Gasteiger partial charge on any atom is -0.352 e. The number of anilines is 1. The van der Waals surface area contributed by atoms with Crippen LogP contribution in [-0.4, -0.2) is 51.1 Å². The molecule has 3 aromatic rings. The van der Waals surface area contributed by atoms with E-state index in [9.17, 15) is 4.79 Å². The van der Waals surface area contributed by atoms with Gasteiger partial charge in [-0.2, -0.15) is 9.47 Å². The van der Waals surface area contributed by atoms with Crippen LogP contribution in [0, 0.1) is 6.92 Å². The first-order valence-electron chi connectivity index (χ1n) is 9.10. The Hall–Kier alpha value is -2.41. The van der Waals surface area contributed by atoms with Crippen molar-refractivity contribution < 1.29 is 4.79 Å². The number of rotatable bonds is 4. The number of benzene rings is 1. The summed E-state index contributed by atoms with van der Waals surface area (Å²) >= 11 is 1.54. The second-order valence-corrected chi connectivity index (χ2v) is 7.48. The van der Waals surface area contributed by atoms with Gasteiger partial charge in [0.1, 0.15) is 5.82 Å². The molecule has 136 valence electrons. The van der Waals surface area contributed by atoms with Gasteiger partial charge in [0.15, 0.2) is 0 Å². The maximum Gasteiger partial charge on any atom is 0.257 e. The van der Waals surface area contributed by atoms with Gasteiger partial charge < -0.3 is 9.80 Å². The summed E-state index contributed by atoms with van der Waals surface area (Å²) < 4.78 is 7.72. The van der Waals surface area contributed by atoms with Crippen LogP contribution >= 0.6 is 11.5 Å². The van der Waals surface area contributed by atoms with Gasteiger partial charge in [-0.25, -0.2) is 0 Å². The standard InChI is InChI=1S/C19H23N5OS/c1-3-8-24-13-16(14(2)20-24)19(25)23-11-9-22(10-12-23)18-15-6-4-5-7-17(15)26-21-18/h4-7,13H,3,8-12H2,1-2H3. The zero-order valence-electron chi connectivity index (χ0n) is 15.2. The lowest BCUT2D eigenvalue weighted by molar-refractivity contribution is 0.0746. The lowest BCUT2D eigenvalue weighted by atomic mass is 10.2. The zero-order chi connectivity index (χ0) is 18.1. The van der Waals surface area contributed by atoms with Crippen molar-refractivity contribution in [2.45, 2.75) is 26.8 Å². The van der Waals surface area contributed by atoms with E-state index >= 15 is 0 Å². The molecule has 1 aromatic carbocycles. The largest absolute Gasteiger partial charge is 0.352 e. The normalized spacial score (nSPS) is 15.0. The third kappa shape index (κ3) is 3.07. The third-order valence-electron chi connectivity index (χ3n) is 4.85. The van der Waals surface area contributed by atoms with Gasteiger partial charge in [0.2, 0.25) is 0 Å². The highest BCUT2D eigenvalue weighted by Crippen LogP contribution is 2.30. The highest BCUT2D eigenvalue weighted by atomic mass is 32.1. The minimum absolute atomic E-state index is 0.0904. The number of amides is 1. The molecule has 1 saturated heterocycles. The molecule has 6 nitrogen and oxygen atoms in total. The third-order valence-corrected chi connectivity index (χ3v) is 5.67. The van der Waals surface area contributed by atoms with Crippen molar-refractivity contribution in [3.05, 3.63) is 41.7 Å². The van der Waals surface area contributed by atoms with Crippen LogP contribution < -0.4 is 4.90 Å². The molecule has 0 aliphatic carbocycles. The number of carbonyl (C=O) groups excluding carboxylic acids is 1. The molecule has 1 aliphatic heterocycles. The highest BCUT2D eigenvalue weighted by Gasteiger charge is 2.26. The van der Waals surface area contributed by atoms with Crippen molar-refractivity contribution >= 4 is 33.3 Å². The Morgan fingerprint density at radius 1 is 1.19 bits per heavy atom. The summed E-state index contributed by atoms with van der Waals surface area (Å²) in [5.74, 6) is 1.14. The monoisotopic (exact) mass is 369 g/mol. The van der Waals surface area contributed by atoms with Crippen LogP contribution in [0.25, 0.3) is 10.1 Å². The van der Waals surface area contributed by atoms with E-state index < -0.39 is 0 Å². The van der Waals surface area contributed by atoms with Crippen LogP contribution in [0.2, 0.25) is 0 Å². The van der Waals surface area contributed by atoms with Crippen LogP contribution in [-0.2, 0) is 6.54 Å². The predicted octanol–water partition coefficient (Wildman–Crippen LogP) is 3.17. The Balaban J connectivity index is 1.45. The second kappa shape index (κ2) is 7.07. The van der Waals surface area contributed by atoms with Gasteiger partial charge in [-0.1, -0.05) is 19.1 Å². The summed E-state index contributed by atoms with van der Waals surface area (Å²) in [5.41, 5.74) is 1.54. The van der Waals surface area contributed by atoms with Gasteiger partial charge in [0, 0.05) is 44.3 Å². The maximum absolute atomic E-state index is 12.9. The number of aromatic nitrogens is 3. The fraction of sp³-hybridized carbons (Fsp3) is 0.421. The van der Waals surface area contributed by atoms with E-state index in [0.29, 0.717) is 13.1 Å². The molecule has 1 aliphatic rings. The molecule has 3 heterocycles. The molecule has 2 aromatic heterocycles. The molecule has 0 unspecified atom stereocenters. The molecule has 0 spiro atoms. The molecule has 0 atom stereocenters. The lowest BCUT2D eigenvalue weighted by Crippen LogP contribution is -2.49. The summed E-state index contributed by atoms with van der Waals surface area (Å²) in [6.07, 6.45) is 2.90. The molecule has 4 rings (SSSR count). The molecular formula is C19H23N5OS. The van der Waals surface area contributed by atoms with Crippen molar-refractivity contribution in [3.8, 4) is 0 Å². The number of nitrogens with zero attached hydrogens (tertiary/aromatic N) is 5. The van der Waals surface area contributed by atoms with E-state index in [4.69, 9.17) is 0 Å². The van der Waals surface area contributed by atoms with E-state index in [2.05, 4.69) is 39.5 Å². The molecule has 0 radical (unpaired) electrons. The van der Waals surface area contributed by atoms with E-state index in [1.807, 2.05) is 28.8 Å².